The molecular formula is C10H16ClN5O2. The van der Waals surface area contributed by atoms with Crippen LogP contribution in [0.15, 0.2) is 6.33 Å². The van der Waals surface area contributed by atoms with Gasteiger partial charge >= 0.3 is 0 Å². The summed E-state index contributed by atoms with van der Waals surface area (Å²) in [6, 6.07) is 0.0233. The molecule has 8 heteroatoms. The molecule has 0 radical (unpaired) electrons. The van der Waals surface area contributed by atoms with E-state index in [-0.39, 0.29) is 23.7 Å². The third-order valence-corrected chi connectivity index (χ3v) is 3.46. The fourth-order valence-corrected chi connectivity index (χ4v) is 2.40. The fraction of sp³-hybridized carbons (Fsp3) is 0.600. The lowest BCUT2D eigenvalue weighted by molar-refractivity contribution is 0.0908. The number of hydrogen-bond donors (Lipinski definition) is 5. The minimum Gasteiger partial charge on any atom is -0.396 e. The number of nitrogen functional groups attached to an aromatic ring is 1. The van der Waals surface area contributed by atoms with Gasteiger partial charge in [-0.2, -0.15) is 0 Å². The van der Waals surface area contributed by atoms with Crippen molar-refractivity contribution in [1.29, 1.82) is 0 Å². The smallest absolute Gasteiger partial charge is 0.159 e. The molecule has 100 valence electrons. The van der Waals surface area contributed by atoms with E-state index in [0.717, 1.165) is 0 Å². The van der Waals surface area contributed by atoms with Gasteiger partial charge in [-0.15, -0.1) is 0 Å². The molecule has 1 fully saturated rings. The van der Waals surface area contributed by atoms with E-state index in [1.165, 1.54) is 6.33 Å². The number of rotatable bonds is 4. The van der Waals surface area contributed by atoms with E-state index in [1.54, 1.807) is 0 Å². The second-order valence-electron chi connectivity index (χ2n) is 4.36. The quantitative estimate of drug-likeness (QED) is 0.297. The van der Waals surface area contributed by atoms with Crippen molar-refractivity contribution >= 4 is 23.1 Å². The molecule has 0 saturated heterocycles. The Morgan fingerprint density at radius 3 is 2.83 bits per heavy atom. The topological polar surface area (TPSA) is 116 Å². The predicted molar refractivity (Wildman–Crippen MR) is 68.1 cm³/mol. The highest BCUT2D eigenvalue weighted by atomic mass is 35.5. The number of anilines is 2. The Morgan fingerprint density at radius 1 is 1.44 bits per heavy atom. The lowest BCUT2D eigenvalue weighted by atomic mass is 10.1. The van der Waals surface area contributed by atoms with E-state index < -0.39 is 6.10 Å². The highest BCUT2D eigenvalue weighted by Crippen LogP contribution is 2.31. The van der Waals surface area contributed by atoms with Crippen LogP contribution in [-0.2, 0) is 0 Å². The summed E-state index contributed by atoms with van der Waals surface area (Å²) in [6.45, 7) is -0.0220. The van der Waals surface area contributed by atoms with Gasteiger partial charge < -0.3 is 21.0 Å². The first-order valence-corrected chi connectivity index (χ1v) is 6.06. The lowest BCUT2D eigenvalue weighted by Crippen LogP contribution is -2.20. The summed E-state index contributed by atoms with van der Waals surface area (Å²) in [6.07, 6.45) is 2.06. The van der Waals surface area contributed by atoms with Crippen LogP contribution in [0, 0.1) is 5.92 Å². The first-order valence-electron chi connectivity index (χ1n) is 5.68. The molecule has 1 heterocycles. The van der Waals surface area contributed by atoms with Crippen LogP contribution in [0.4, 0.5) is 11.5 Å². The summed E-state index contributed by atoms with van der Waals surface area (Å²) < 4.78 is 0. The van der Waals surface area contributed by atoms with E-state index in [4.69, 9.17) is 22.6 Å². The van der Waals surface area contributed by atoms with E-state index in [9.17, 15) is 5.11 Å². The normalized spacial score (nSPS) is 27.2. The monoisotopic (exact) mass is 273 g/mol. The number of aromatic nitrogens is 2. The Morgan fingerprint density at radius 2 is 2.22 bits per heavy atom. The molecule has 0 spiro atoms. The van der Waals surface area contributed by atoms with Crippen molar-refractivity contribution in [3.63, 3.8) is 0 Å². The summed E-state index contributed by atoms with van der Waals surface area (Å²) in [4.78, 5) is 7.87. The van der Waals surface area contributed by atoms with E-state index >= 15 is 0 Å². The van der Waals surface area contributed by atoms with Crippen molar-refractivity contribution in [1.82, 2.24) is 9.97 Å². The molecule has 7 nitrogen and oxygen atoms in total. The number of hydrazine groups is 1. The fourth-order valence-electron chi connectivity index (χ4n) is 2.21. The first-order chi connectivity index (χ1) is 8.65. The summed E-state index contributed by atoms with van der Waals surface area (Å²) in [7, 11) is 0. The van der Waals surface area contributed by atoms with Crippen LogP contribution in [-0.4, -0.2) is 38.9 Å². The highest BCUT2D eigenvalue weighted by molar-refractivity contribution is 6.32. The van der Waals surface area contributed by atoms with Crippen molar-refractivity contribution in [2.45, 2.75) is 25.0 Å². The SMILES string of the molecule is NNc1c(Cl)ncnc1NC1CC(O)C(CO)C1. The average molecular weight is 274 g/mol. The van der Waals surface area contributed by atoms with Gasteiger partial charge in [-0.05, 0) is 12.8 Å². The number of nitrogens with two attached hydrogens (primary N) is 1. The van der Waals surface area contributed by atoms with Crippen molar-refractivity contribution in [2.24, 2.45) is 11.8 Å². The minimum absolute atomic E-state index is 0.0220. The second-order valence-corrected chi connectivity index (χ2v) is 4.71. The molecule has 18 heavy (non-hydrogen) atoms. The van der Waals surface area contributed by atoms with E-state index in [1.807, 2.05) is 0 Å². The van der Waals surface area contributed by atoms with Crippen molar-refractivity contribution in [3.05, 3.63) is 11.5 Å². The van der Waals surface area contributed by atoms with E-state index in [2.05, 4.69) is 20.7 Å². The predicted octanol–water partition coefficient (Wildman–Crippen LogP) is -0.0407. The van der Waals surface area contributed by atoms with Crippen LogP contribution in [0.25, 0.3) is 0 Å². The van der Waals surface area contributed by atoms with Crippen molar-refractivity contribution in [2.75, 3.05) is 17.3 Å². The summed E-state index contributed by atoms with van der Waals surface area (Å²) in [5.74, 6) is 5.75. The van der Waals surface area contributed by atoms with Gasteiger partial charge in [-0.3, -0.25) is 5.84 Å². The lowest BCUT2D eigenvalue weighted by Gasteiger charge is -2.16. The van der Waals surface area contributed by atoms with Gasteiger partial charge in [-0.25, -0.2) is 9.97 Å². The zero-order valence-corrected chi connectivity index (χ0v) is 10.4. The van der Waals surface area contributed by atoms with Crippen LogP contribution >= 0.6 is 11.6 Å². The Kier molecular flexibility index (Phi) is 4.18. The molecule has 6 N–H and O–H groups in total. The third-order valence-electron chi connectivity index (χ3n) is 3.18. The number of nitrogens with one attached hydrogen (secondary N) is 2. The Hall–Kier alpha value is -1.15. The third kappa shape index (κ3) is 2.64. The van der Waals surface area contributed by atoms with Gasteiger partial charge in [0.15, 0.2) is 11.0 Å². The standard InChI is InChI=1S/C10H16ClN5O2/c11-9-8(16-12)10(14-4-13-9)15-6-1-5(3-17)7(18)2-6/h4-7,16-18H,1-3,12H2,(H,13,14,15). The molecule has 3 unspecified atom stereocenters. The number of hydrogen-bond acceptors (Lipinski definition) is 7. The minimum atomic E-state index is -0.501. The van der Waals surface area contributed by atoms with Crippen LogP contribution < -0.4 is 16.6 Å². The summed E-state index contributed by atoms with van der Waals surface area (Å²) >= 11 is 5.88. The number of nitrogens with zero attached hydrogens (tertiary/aromatic N) is 2. The van der Waals surface area contributed by atoms with E-state index in [0.29, 0.717) is 24.3 Å². The van der Waals surface area contributed by atoms with Gasteiger partial charge in [0, 0.05) is 18.6 Å². The second kappa shape index (κ2) is 5.66. The van der Waals surface area contributed by atoms with Gasteiger partial charge in [0.05, 0.1) is 6.10 Å². The Bertz CT molecular complexity index is 419. The van der Waals surface area contributed by atoms with Crippen LogP contribution in [0.5, 0.6) is 0 Å². The average Bonchev–Trinajstić information content (AvgIpc) is 2.70. The zero-order chi connectivity index (χ0) is 13.1. The molecule has 2 rings (SSSR count). The molecule has 1 saturated carbocycles. The molecule has 1 aromatic rings. The molecule has 1 aliphatic rings. The summed E-state index contributed by atoms with van der Waals surface area (Å²) in [5, 5.41) is 22.2. The molecule has 0 aliphatic heterocycles. The van der Waals surface area contributed by atoms with Crippen molar-refractivity contribution < 1.29 is 10.2 Å². The van der Waals surface area contributed by atoms with Crippen LogP contribution in [0.2, 0.25) is 5.15 Å². The van der Waals surface area contributed by atoms with Crippen LogP contribution in [0.3, 0.4) is 0 Å². The first kappa shape index (κ1) is 13.3. The van der Waals surface area contributed by atoms with Gasteiger partial charge in [-0.1, -0.05) is 11.6 Å². The molecular weight excluding hydrogens is 258 g/mol. The Balaban J connectivity index is 2.09. The zero-order valence-electron chi connectivity index (χ0n) is 9.67. The van der Waals surface area contributed by atoms with Gasteiger partial charge in [0.25, 0.3) is 0 Å². The van der Waals surface area contributed by atoms with Gasteiger partial charge in [0.2, 0.25) is 0 Å². The summed E-state index contributed by atoms with van der Waals surface area (Å²) in [5.41, 5.74) is 2.86. The molecule has 0 aromatic carbocycles. The molecule has 0 bridgehead atoms. The largest absolute Gasteiger partial charge is 0.396 e. The van der Waals surface area contributed by atoms with Crippen molar-refractivity contribution in [3.8, 4) is 0 Å². The maximum Gasteiger partial charge on any atom is 0.159 e. The maximum absolute atomic E-state index is 9.72. The Labute approximate surface area is 109 Å². The number of halogens is 1. The number of aliphatic hydroxyl groups excluding tert-OH is 2. The van der Waals surface area contributed by atoms with Gasteiger partial charge in [0.1, 0.15) is 12.0 Å². The molecule has 1 aliphatic carbocycles. The highest BCUT2D eigenvalue weighted by Gasteiger charge is 2.32. The molecule has 1 aromatic heterocycles. The molecule has 3 atom stereocenters. The maximum atomic E-state index is 9.72. The number of aliphatic hydroxyl groups is 2. The van der Waals surface area contributed by atoms with Crippen LogP contribution in [0.1, 0.15) is 12.8 Å². The molecule has 0 amide bonds.